The minimum absolute atomic E-state index is 0.224. The van der Waals surface area contributed by atoms with Crippen molar-refractivity contribution >= 4 is 0 Å². The summed E-state index contributed by atoms with van der Waals surface area (Å²) in [4.78, 5) is 0. The monoisotopic (exact) mass is 146 g/mol. The molecule has 0 bridgehead atoms. The van der Waals surface area contributed by atoms with Crippen LogP contribution in [0.15, 0.2) is 0 Å². The lowest BCUT2D eigenvalue weighted by atomic mass is 10.3. The highest BCUT2D eigenvalue weighted by Crippen LogP contribution is 2.12. The molecule has 0 radical (unpaired) electrons. The predicted molar refractivity (Wildman–Crippen MR) is 41.9 cm³/mol. The van der Waals surface area contributed by atoms with E-state index >= 15 is 0 Å². The van der Waals surface area contributed by atoms with Crippen LogP contribution in [-0.4, -0.2) is 18.5 Å². The van der Waals surface area contributed by atoms with Crippen LogP contribution in [-0.2, 0) is 9.47 Å². The van der Waals surface area contributed by atoms with Gasteiger partial charge in [0, 0.05) is 6.61 Å². The van der Waals surface area contributed by atoms with E-state index in [1.807, 2.05) is 34.6 Å². The van der Waals surface area contributed by atoms with Gasteiger partial charge in [-0.3, -0.25) is 0 Å². The Morgan fingerprint density at radius 1 is 1.30 bits per heavy atom. The van der Waals surface area contributed by atoms with Gasteiger partial charge in [-0.2, -0.15) is 0 Å². The summed E-state index contributed by atoms with van der Waals surface area (Å²) in [7, 11) is 0. The second kappa shape index (κ2) is 3.94. The van der Waals surface area contributed by atoms with Crippen LogP contribution in [0.3, 0.4) is 0 Å². The normalized spacial score (nSPS) is 12.6. The maximum atomic E-state index is 5.46. The maximum absolute atomic E-state index is 5.46. The van der Waals surface area contributed by atoms with Gasteiger partial charge in [-0.25, -0.2) is 0 Å². The molecule has 0 aromatic heterocycles. The fraction of sp³-hybridized carbons (Fsp3) is 1.00. The lowest BCUT2D eigenvalue weighted by Crippen LogP contribution is -2.31. The lowest BCUT2D eigenvalue weighted by molar-refractivity contribution is -0.228. The van der Waals surface area contributed by atoms with E-state index < -0.39 is 5.79 Å². The summed E-state index contributed by atoms with van der Waals surface area (Å²) >= 11 is 0. The summed E-state index contributed by atoms with van der Waals surface area (Å²) in [6.07, 6.45) is 0.224. The summed E-state index contributed by atoms with van der Waals surface area (Å²) in [5, 5.41) is 0. The molecule has 10 heavy (non-hydrogen) atoms. The van der Waals surface area contributed by atoms with Crippen molar-refractivity contribution in [2.75, 3.05) is 6.61 Å². The minimum Gasteiger partial charge on any atom is -0.351 e. The van der Waals surface area contributed by atoms with Crippen LogP contribution < -0.4 is 0 Å². The fourth-order valence-electron chi connectivity index (χ4n) is 0.949. The summed E-state index contributed by atoms with van der Waals surface area (Å²) in [6.45, 7) is 10.5. The quantitative estimate of drug-likeness (QED) is 0.566. The average molecular weight is 146 g/mol. The summed E-state index contributed by atoms with van der Waals surface area (Å²) < 4.78 is 10.8. The molecule has 0 saturated heterocycles. The van der Waals surface area contributed by atoms with Crippen molar-refractivity contribution in [3.8, 4) is 0 Å². The summed E-state index contributed by atoms with van der Waals surface area (Å²) in [5.74, 6) is -0.428. The van der Waals surface area contributed by atoms with E-state index in [0.717, 1.165) is 0 Å². The first-order chi connectivity index (χ1) is 4.48. The molecule has 0 spiro atoms. The number of rotatable bonds is 4. The van der Waals surface area contributed by atoms with E-state index in [-0.39, 0.29) is 6.10 Å². The van der Waals surface area contributed by atoms with E-state index in [1.54, 1.807) is 0 Å². The van der Waals surface area contributed by atoms with Crippen LogP contribution in [0.25, 0.3) is 0 Å². The molecule has 0 aromatic carbocycles. The zero-order chi connectivity index (χ0) is 8.20. The maximum Gasteiger partial charge on any atom is 0.163 e. The highest BCUT2D eigenvalue weighted by Gasteiger charge is 2.18. The minimum atomic E-state index is -0.428. The van der Waals surface area contributed by atoms with Gasteiger partial charge in [0.2, 0.25) is 0 Å². The van der Waals surface area contributed by atoms with Crippen molar-refractivity contribution in [1.29, 1.82) is 0 Å². The van der Waals surface area contributed by atoms with Crippen LogP contribution in [0.1, 0.15) is 34.6 Å². The molecular weight excluding hydrogens is 128 g/mol. The van der Waals surface area contributed by atoms with Gasteiger partial charge in [-0.1, -0.05) is 0 Å². The number of hydrogen-bond acceptors (Lipinski definition) is 2. The second-order valence-electron chi connectivity index (χ2n) is 3.00. The highest BCUT2D eigenvalue weighted by atomic mass is 16.7. The molecule has 0 aromatic rings. The van der Waals surface area contributed by atoms with Gasteiger partial charge in [0.25, 0.3) is 0 Å². The third-order valence-electron chi connectivity index (χ3n) is 1.01. The molecule has 0 N–H and O–H groups in total. The van der Waals surface area contributed by atoms with Crippen molar-refractivity contribution in [1.82, 2.24) is 0 Å². The summed E-state index contributed by atoms with van der Waals surface area (Å²) in [5.41, 5.74) is 0. The smallest absolute Gasteiger partial charge is 0.163 e. The molecule has 0 aliphatic carbocycles. The number of hydrogen-bond donors (Lipinski definition) is 0. The molecule has 0 atom stereocenters. The molecular formula is C8H18O2. The molecule has 0 saturated carbocycles. The third-order valence-corrected chi connectivity index (χ3v) is 1.01. The molecule has 2 heteroatoms. The largest absolute Gasteiger partial charge is 0.351 e. The third kappa shape index (κ3) is 4.77. The van der Waals surface area contributed by atoms with Crippen molar-refractivity contribution < 1.29 is 9.47 Å². The van der Waals surface area contributed by atoms with Gasteiger partial charge in [0.15, 0.2) is 5.79 Å². The molecule has 2 nitrogen and oxygen atoms in total. The Labute approximate surface area is 63.5 Å². The van der Waals surface area contributed by atoms with Crippen LogP contribution >= 0.6 is 0 Å². The molecule has 0 rings (SSSR count). The Kier molecular flexibility index (Phi) is 3.91. The summed E-state index contributed by atoms with van der Waals surface area (Å²) in [6, 6.07) is 0. The van der Waals surface area contributed by atoms with Crippen molar-refractivity contribution in [2.45, 2.75) is 46.5 Å². The average Bonchev–Trinajstić information content (AvgIpc) is 1.59. The van der Waals surface area contributed by atoms with Crippen LogP contribution in [0.2, 0.25) is 0 Å². The topological polar surface area (TPSA) is 18.5 Å². The van der Waals surface area contributed by atoms with Gasteiger partial charge in [-0.05, 0) is 34.6 Å². The first kappa shape index (κ1) is 9.92. The van der Waals surface area contributed by atoms with Crippen LogP contribution in [0.5, 0.6) is 0 Å². The Bertz CT molecular complexity index is 87.3. The van der Waals surface area contributed by atoms with E-state index in [9.17, 15) is 0 Å². The Hall–Kier alpha value is -0.0800. The SMILES string of the molecule is CCOC(C)(C)OC(C)C. The fourth-order valence-corrected chi connectivity index (χ4v) is 0.949. The van der Waals surface area contributed by atoms with E-state index in [0.29, 0.717) is 6.61 Å². The van der Waals surface area contributed by atoms with E-state index in [4.69, 9.17) is 9.47 Å². The van der Waals surface area contributed by atoms with Gasteiger partial charge in [0.05, 0.1) is 6.10 Å². The highest BCUT2D eigenvalue weighted by molar-refractivity contribution is 4.54. The molecule has 0 amide bonds. The first-order valence-corrected chi connectivity index (χ1v) is 3.79. The first-order valence-electron chi connectivity index (χ1n) is 3.79. The zero-order valence-corrected chi connectivity index (χ0v) is 7.60. The van der Waals surface area contributed by atoms with Crippen molar-refractivity contribution in [3.05, 3.63) is 0 Å². The van der Waals surface area contributed by atoms with Crippen molar-refractivity contribution in [2.24, 2.45) is 0 Å². The second-order valence-corrected chi connectivity index (χ2v) is 3.00. The molecule has 0 heterocycles. The Balaban J connectivity index is 3.63. The molecule has 0 fully saturated rings. The molecule has 62 valence electrons. The van der Waals surface area contributed by atoms with Gasteiger partial charge in [-0.15, -0.1) is 0 Å². The lowest BCUT2D eigenvalue weighted by Gasteiger charge is -2.27. The Morgan fingerprint density at radius 2 is 1.80 bits per heavy atom. The van der Waals surface area contributed by atoms with Crippen LogP contribution in [0.4, 0.5) is 0 Å². The number of ether oxygens (including phenoxy) is 2. The van der Waals surface area contributed by atoms with Gasteiger partial charge >= 0.3 is 0 Å². The van der Waals surface area contributed by atoms with E-state index in [1.165, 1.54) is 0 Å². The van der Waals surface area contributed by atoms with Gasteiger partial charge in [0.1, 0.15) is 0 Å². The molecule has 0 aliphatic rings. The van der Waals surface area contributed by atoms with E-state index in [2.05, 4.69) is 0 Å². The van der Waals surface area contributed by atoms with Crippen LogP contribution in [0, 0.1) is 0 Å². The molecule has 0 unspecified atom stereocenters. The molecule has 0 aliphatic heterocycles. The Morgan fingerprint density at radius 3 is 2.10 bits per heavy atom. The van der Waals surface area contributed by atoms with Gasteiger partial charge < -0.3 is 9.47 Å². The van der Waals surface area contributed by atoms with Crippen molar-refractivity contribution in [3.63, 3.8) is 0 Å². The standard InChI is InChI=1S/C8H18O2/c1-6-9-8(4,5)10-7(2)3/h7H,6H2,1-5H3. The predicted octanol–water partition coefficient (Wildman–Crippen LogP) is 2.18. The zero-order valence-electron chi connectivity index (χ0n) is 7.60.